The Hall–Kier alpha value is -2.48. The standard InChI is InChI=1S/C15H13FN4/c16-12-3-1-11(2-4-12)10-20(14-6-7-14)15-8-5-13(9-17)18-19-15/h1-5,8,14H,6-7,10H2. The van der Waals surface area contributed by atoms with E-state index in [4.69, 9.17) is 5.26 Å². The molecular weight excluding hydrogens is 255 g/mol. The summed E-state index contributed by atoms with van der Waals surface area (Å²) in [6.45, 7) is 0.672. The van der Waals surface area contributed by atoms with Gasteiger partial charge in [0.25, 0.3) is 0 Å². The van der Waals surface area contributed by atoms with Crippen LogP contribution in [0, 0.1) is 17.1 Å². The smallest absolute Gasteiger partial charge is 0.163 e. The zero-order valence-electron chi connectivity index (χ0n) is 10.8. The van der Waals surface area contributed by atoms with E-state index < -0.39 is 0 Å². The lowest BCUT2D eigenvalue weighted by atomic mass is 10.2. The van der Waals surface area contributed by atoms with Gasteiger partial charge >= 0.3 is 0 Å². The highest BCUT2D eigenvalue weighted by Gasteiger charge is 2.30. The van der Waals surface area contributed by atoms with Crippen molar-refractivity contribution in [3.8, 4) is 6.07 Å². The molecule has 4 nitrogen and oxygen atoms in total. The SMILES string of the molecule is N#Cc1ccc(N(Cc2ccc(F)cc2)C2CC2)nn1. The largest absolute Gasteiger partial charge is 0.348 e. The Labute approximate surface area is 116 Å². The summed E-state index contributed by atoms with van der Waals surface area (Å²) in [5.74, 6) is 0.528. The van der Waals surface area contributed by atoms with Gasteiger partial charge in [-0.15, -0.1) is 10.2 Å². The summed E-state index contributed by atoms with van der Waals surface area (Å²) < 4.78 is 12.9. The first-order valence-corrected chi connectivity index (χ1v) is 6.51. The molecule has 100 valence electrons. The van der Waals surface area contributed by atoms with Crippen LogP contribution >= 0.6 is 0 Å². The highest BCUT2D eigenvalue weighted by atomic mass is 19.1. The molecule has 3 rings (SSSR count). The first-order chi connectivity index (χ1) is 9.76. The normalized spacial score (nSPS) is 13.8. The van der Waals surface area contributed by atoms with Crippen LogP contribution in [0.25, 0.3) is 0 Å². The Kier molecular flexibility index (Phi) is 3.30. The minimum Gasteiger partial charge on any atom is -0.348 e. The second-order valence-corrected chi connectivity index (χ2v) is 4.87. The van der Waals surface area contributed by atoms with Gasteiger partial charge in [0, 0.05) is 12.6 Å². The first kappa shape index (κ1) is 12.5. The number of nitrogens with zero attached hydrogens (tertiary/aromatic N) is 4. The highest BCUT2D eigenvalue weighted by Crippen LogP contribution is 2.31. The molecule has 0 spiro atoms. The number of hydrogen-bond acceptors (Lipinski definition) is 4. The summed E-state index contributed by atoms with van der Waals surface area (Å²) in [7, 11) is 0. The molecule has 0 amide bonds. The number of halogens is 1. The van der Waals surface area contributed by atoms with Crippen molar-refractivity contribution in [2.24, 2.45) is 0 Å². The molecule has 0 radical (unpaired) electrons. The molecule has 20 heavy (non-hydrogen) atoms. The summed E-state index contributed by atoms with van der Waals surface area (Å²) in [5.41, 5.74) is 1.34. The maximum absolute atomic E-state index is 12.9. The van der Waals surface area contributed by atoms with Crippen molar-refractivity contribution in [1.82, 2.24) is 10.2 Å². The van der Waals surface area contributed by atoms with Gasteiger partial charge in [-0.1, -0.05) is 12.1 Å². The quantitative estimate of drug-likeness (QED) is 0.855. The van der Waals surface area contributed by atoms with Gasteiger partial charge in [-0.2, -0.15) is 5.26 Å². The Morgan fingerprint density at radius 3 is 2.45 bits per heavy atom. The lowest BCUT2D eigenvalue weighted by Gasteiger charge is -2.23. The zero-order valence-corrected chi connectivity index (χ0v) is 10.8. The molecule has 1 fully saturated rings. The van der Waals surface area contributed by atoms with Gasteiger partial charge in [0.05, 0.1) is 0 Å². The summed E-state index contributed by atoms with van der Waals surface area (Å²) in [5, 5.41) is 16.7. The molecule has 5 heteroatoms. The Balaban J connectivity index is 1.81. The lowest BCUT2D eigenvalue weighted by Crippen LogP contribution is -2.26. The van der Waals surface area contributed by atoms with Crippen LogP contribution in [0.2, 0.25) is 0 Å². The third-order valence-electron chi connectivity index (χ3n) is 3.31. The molecule has 0 unspecified atom stereocenters. The van der Waals surface area contributed by atoms with Crippen LogP contribution in [0.4, 0.5) is 10.2 Å². The van der Waals surface area contributed by atoms with Gasteiger partial charge in [-0.25, -0.2) is 4.39 Å². The number of aromatic nitrogens is 2. The molecule has 1 aromatic heterocycles. The van der Waals surface area contributed by atoms with Crippen LogP contribution in [0.15, 0.2) is 36.4 Å². The van der Waals surface area contributed by atoms with Gasteiger partial charge in [-0.3, -0.25) is 0 Å². The van der Waals surface area contributed by atoms with Gasteiger partial charge < -0.3 is 4.90 Å². The van der Waals surface area contributed by atoms with E-state index in [1.165, 1.54) is 12.1 Å². The fourth-order valence-electron chi connectivity index (χ4n) is 2.11. The fourth-order valence-corrected chi connectivity index (χ4v) is 2.11. The topological polar surface area (TPSA) is 52.8 Å². The van der Waals surface area contributed by atoms with E-state index in [9.17, 15) is 4.39 Å². The maximum Gasteiger partial charge on any atom is 0.163 e. The molecule has 0 N–H and O–H groups in total. The molecule has 1 aliphatic rings. The van der Waals surface area contributed by atoms with Crippen molar-refractivity contribution in [3.63, 3.8) is 0 Å². The predicted molar refractivity (Wildman–Crippen MR) is 72.4 cm³/mol. The Morgan fingerprint density at radius 1 is 1.15 bits per heavy atom. The van der Waals surface area contributed by atoms with Gasteiger partial charge in [0.1, 0.15) is 11.9 Å². The van der Waals surface area contributed by atoms with Crippen LogP contribution < -0.4 is 4.90 Å². The van der Waals surface area contributed by atoms with Gasteiger partial charge in [0.2, 0.25) is 0 Å². The van der Waals surface area contributed by atoms with Crippen molar-refractivity contribution in [2.45, 2.75) is 25.4 Å². The van der Waals surface area contributed by atoms with Gasteiger partial charge in [-0.05, 0) is 42.7 Å². The van der Waals surface area contributed by atoms with E-state index in [2.05, 4.69) is 15.1 Å². The molecule has 0 bridgehead atoms. The molecule has 0 saturated heterocycles. The van der Waals surface area contributed by atoms with Crippen molar-refractivity contribution in [1.29, 1.82) is 5.26 Å². The average molecular weight is 268 g/mol. The number of benzene rings is 1. The van der Waals surface area contributed by atoms with Crippen molar-refractivity contribution in [3.05, 3.63) is 53.5 Å². The third-order valence-corrected chi connectivity index (χ3v) is 3.31. The molecule has 0 aliphatic heterocycles. The van der Waals surface area contributed by atoms with Crippen molar-refractivity contribution >= 4 is 5.82 Å². The molecule has 1 saturated carbocycles. The average Bonchev–Trinajstić information content (AvgIpc) is 3.31. The zero-order chi connectivity index (χ0) is 13.9. The highest BCUT2D eigenvalue weighted by molar-refractivity contribution is 5.43. The molecule has 2 aromatic rings. The van der Waals surface area contributed by atoms with Crippen LogP contribution in [0.5, 0.6) is 0 Å². The molecule has 1 aliphatic carbocycles. The van der Waals surface area contributed by atoms with E-state index >= 15 is 0 Å². The summed E-state index contributed by atoms with van der Waals surface area (Å²) >= 11 is 0. The van der Waals surface area contributed by atoms with E-state index in [0.29, 0.717) is 18.3 Å². The minimum atomic E-state index is -0.232. The van der Waals surface area contributed by atoms with Crippen LogP contribution in [0.3, 0.4) is 0 Å². The number of anilines is 1. The molecule has 1 heterocycles. The van der Waals surface area contributed by atoms with Crippen LogP contribution in [0.1, 0.15) is 24.1 Å². The summed E-state index contributed by atoms with van der Waals surface area (Å²) in [6.07, 6.45) is 2.26. The minimum absolute atomic E-state index is 0.232. The molecular formula is C15H13FN4. The maximum atomic E-state index is 12.9. The third kappa shape index (κ3) is 2.75. The van der Waals surface area contributed by atoms with E-state index in [0.717, 1.165) is 24.2 Å². The Bertz CT molecular complexity index is 626. The molecule has 0 atom stereocenters. The predicted octanol–water partition coefficient (Wildman–Crippen LogP) is 2.66. The number of rotatable bonds is 4. The fraction of sp³-hybridized carbons (Fsp3) is 0.267. The summed E-state index contributed by atoms with van der Waals surface area (Å²) in [6, 6.07) is 12.4. The second-order valence-electron chi connectivity index (χ2n) is 4.87. The van der Waals surface area contributed by atoms with Crippen molar-refractivity contribution in [2.75, 3.05) is 4.90 Å². The van der Waals surface area contributed by atoms with Crippen LogP contribution in [-0.2, 0) is 6.54 Å². The van der Waals surface area contributed by atoms with Crippen molar-refractivity contribution < 1.29 is 4.39 Å². The monoisotopic (exact) mass is 268 g/mol. The molecule has 1 aromatic carbocycles. The summed E-state index contributed by atoms with van der Waals surface area (Å²) in [4.78, 5) is 2.15. The second kappa shape index (κ2) is 5.25. The first-order valence-electron chi connectivity index (χ1n) is 6.51. The number of nitriles is 1. The van der Waals surface area contributed by atoms with Gasteiger partial charge in [0.15, 0.2) is 11.5 Å². The van der Waals surface area contributed by atoms with E-state index in [1.807, 2.05) is 12.1 Å². The lowest BCUT2D eigenvalue weighted by molar-refractivity contribution is 0.626. The Morgan fingerprint density at radius 2 is 1.90 bits per heavy atom. The van der Waals surface area contributed by atoms with Crippen LogP contribution in [-0.4, -0.2) is 16.2 Å². The van der Waals surface area contributed by atoms with E-state index in [-0.39, 0.29) is 5.82 Å². The van der Waals surface area contributed by atoms with E-state index in [1.54, 1.807) is 18.2 Å². The number of hydrogen-bond donors (Lipinski definition) is 0.